The average Bonchev–Trinajstić information content (AvgIpc) is 3.40. The van der Waals surface area contributed by atoms with Gasteiger partial charge in [-0.1, -0.05) is 23.1 Å². The van der Waals surface area contributed by atoms with Crippen molar-refractivity contribution < 1.29 is 4.79 Å². The Morgan fingerprint density at radius 2 is 1.93 bits per heavy atom. The standard InChI is InChI=1S/C19H25N5OS2/c1-13(26-19-23-22-18(27-19)21-15-5-6-15)17(25)20-14-7-9-16(10-8-14)24-11-3-2-4-12-24/h7-10,13,15H,2-6,11-12H2,1H3,(H,20,25)(H,21,22)/t13-/m0/s1. The van der Waals surface area contributed by atoms with Crippen molar-refractivity contribution in [1.82, 2.24) is 10.2 Å². The molecule has 4 rings (SSSR count). The van der Waals surface area contributed by atoms with E-state index in [0.29, 0.717) is 6.04 Å². The van der Waals surface area contributed by atoms with Gasteiger partial charge in [0, 0.05) is 30.5 Å². The van der Waals surface area contributed by atoms with Crippen LogP contribution in [0.2, 0.25) is 0 Å². The number of benzene rings is 1. The first-order valence-electron chi connectivity index (χ1n) is 9.60. The number of thioether (sulfide) groups is 1. The highest BCUT2D eigenvalue weighted by Crippen LogP contribution is 2.32. The Balaban J connectivity index is 1.29. The summed E-state index contributed by atoms with van der Waals surface area (Å²) in [7, 11) is 0. The molecule has 1 aromatic carbocycles. The maximum Gasteiger partial charge on any atom is 0.237 e. The summed E-state index contributed by atoms with van der Waals surface area (Å²) < 4.78 is 0.821. The second-order valence-corrected chi connectivity index (χ2v) is 9.70. The van der Waals surface area contributed by atoms with Crippen LogP contribution in [0, 0.1) is 0 Å². The van der Waals surface area contributed by atoms with Crippen LogP contribution in [-0.2, 0) is 4.79 Å². The van der Waals surface area contributed by atoms with Crippen LogP contribution in [-0.4, -0.2) is 40.5 Å². The molecule has 8 heteroatoms. The smallest absolute Gasteiger partial charge is 0.237 e. The summed E-state index contributed by atoms with van der Waals surface area (Å²) in [6.07, 6.45) is 6.26. The highest BCUT2D eigenvalue weighted by Gasteiger charge is 2.23. The van der Waals surface area contributed by atoms with Crippen molar-refractivity contribution in [2.24, 2.45) is 0 Å². The summed E-state index contributed by atoms with van der Waals surface area (Å²) in [6, 6.07) is 8.73. The molecule has 1 atom stereocenters. The molecule has 2 aromatic rings. The predicted octanol–water partition coefficient (Wildman–Crippen LogP) is 4.22. The van der Waals surface area contributed by atoms with Crippen molar-refractivity contribution >= 4 is 45.5 Å². The fraction of sp³-hybridized carbons (Fsp3) is 0.526. The zero-order chi connectivity index (χ0) is 18.6. The molecule has 0 spiro atoms. The van der Waals surface area contributed by atoms with E-state index < -0.39 is 0 Å². The summed E-state index contributed by atoms with van der Waals surface area (Å²) in [5.41, 5.74) is 2.07. The Kier molecular flexibility index (Phi) is 5.83. The Hall–Kier alpha value is -1.80. The third kappa shape index (κ3) is 5.13. The first-order chi connectivity index (χ1) is 13.2. The van der Waals surface area contributed by atoms with Crippen molar-refractivity contribution in [3.63, 3.8) is 0 Å². The van der Waals surface area contributed by atoms with Gasteiger partial charge in [-0.05, 0) is 63.3 Å². The lowest BCUT2D eigenvalue weighted by atomic mass is 10.1. The third-order valence-electron chi connectivity index (χ3n) is 4.81. The monoisotopic (exact) mass is 403 g/mol. The van der Waals surface area contributed by atoms with Crippen molar-refractivity contribution in [3.8, 4) is 0 Å². The molecule has 1 aliphatic carbocycles. The number of piperidine rings is 1. The molecule has 1 saturated carbocycles. The van der Waals surface area contributed by atoms with Crippen molar-refractivity contribution in [1.29, 1.82) is 0 Å². The van der Waals surface area contributed by atoms with E-state index >= 15 is 0 Å². The largest absolute Gasteiger partial charge is 0.372 e. The molecule has 2 heterocycles. The molecule has 1 aromatic heterocycles. The summed E-state index contributed by atoms with van der Waals surface area (Å²) in [5.74, 6) is -0.0161. The zero-order valence-corrected chi connectivity index (χ0v) is 17.1. The fourth-order valence-corrected chi connectivity index (χ4v) is 5.05. The number of hydrogen-bond donors (Lipinski definition) is 2. The molecular weight excluding hydrogens is 378 g/mol. The summed E-state index contributed by atoms with van der Waals surface area (Å²) in [6.45, 7) is 4.15. The molecule has 0 unspecified atom stereocenters. The number of rotatable bonds is 7. The van der Waals surface area contributed by atoms with Crippen LogP contribution in [0.5, 0.6) is 0 Å². The van der Waals surface area contributed by atoms with Gasteiger partial charge < -0.3 is 15.5 Å². The third-order valence-corrected chi connectivity index (χ3v) is 6.85. The lowest BCUT2D eigenvalue weighted by Crippen LogP contribution is -2.29. The van der Waals surface area contributed by atoms with E-state index in [9.17, 15) is 4.79 Å². The highest BCUT2D eigenvalue weighted by atomic mass is 32.2. The summed E-state index contributed by atoms with van der Waals surface area (Å²) in [4.78, 5) is 14.9. The lowest BCUT2D eigenvalue weighted by Gasteiger charge is -2.28. The highest BCUT2D eigenvalue weighted by molar-refractivity contribution is 8.02. The minimum absolute atomic E-state index is 0.0161. The van der Waals surface area contributed by atoms with E-state index in [1.54, 1.807) is 0 Å². The van der Waals surface area contributed by atoms with Gasteiger partial charge in [0.2, 0.25) is 11.0 Å². The van der Waals surface area contributed by atoms with Gasteiger partial charge in [-0.3, -0.25) is 4.79 Å². The van der Waals surface area contributed by atoms with E-state index in [0.717, 1.165) is 28.2 Å². The predicted molar refractivity (Wildman–Crippen MR) is 113 cm³/mol. The average molecular weight is 404 g/mol. The van der Waals surface area contributed by atoms with Gasteiger partial charge in [0.1, 0.15) is 0 Å². The molecular formula is C19H25N5OS2. The maximum atomic E-state index is 12.5. The fourth-order valence-electron chi connectivity index (χ4n) is 3.07. The second-order valence-electron chi connectivity index (χ2n) is 7.14. The molecule has 144 valence electrons. The van der Waals surface area contributed by atoms with Crippen LogP contribution < -0.4 is 15.5 Å². The number of aromatic nitrogens is 2. The molecule has 2 fully saturated rings. The van der Waals surface area contributed by atoms with Gasteiger partial charge >= 0.3 is 0 Å². The SMILES string of the molecule is C[C@H](Sc1nnc(NC2CC2)s1)C(=O)Nc1ccc(N2CCCCC2)cc1. The molecule has 1 saturated heterocycles. The molecule has 0 bridgehead atoms. The summed E-state index contributed by atoms with van der Waals surface area (Å²) in [5, 5.41) is 15.3. The second kappa shape index (κ2) is 8.48. The topological polar surface area (TPSA) is 70.1 Å². The molecule has 27 heavy (non-hydrogen) atoms. The Morgan fingerprint density at radius 1 is 1.19 bits per heavy atom. The van der Waals surface area contributed by atoms with Gasteiger partial charge in [0.05, 0.1) is 5.25 Å². The molecule has 1 amide bonds. The number of carbonyl (C=O) groups excluding carboxylic acids is 1. The molecule has 6 nitrogen and oxygen atoms in total. The van der Waals surface area contributed by atoms with Crippen LogP contribution in [0.1, 0.15) is 39.0 Å². The van der Waals surface area contributed by atoms with Gasteiger partial charge in [0.25, 0.3) is 0 Å². The number of anilines is 3. The van der Waals surface area contributed by atoms with Gasteiger partial charge in [-0.15, -0.1) is 10.2 Å². The first kappa shape index (κ1) is 18.6. The van der Waals surface area contributed by atoms with E-state index in [1.165, 1.54) is 60.9 Å². The van der Waals surface area contributed by atoms with Crippen LogP contribution in [0.25, 0.3) is 0 Å². The quantitative estimate of drug-likeness (QED) is 0.675. The first-order valence-corrected chi connectivity index (χ1v) is 11.3. The zero-order valence-electron chi connectivity index (χ0n) is 15.5. The number of nitrogens with one attached hydrogen (secondary N) is 2. The maximum absolute atomic E-state index is 12.5. The van der Waals surface area contributed by atoms with Crippen LogP contribution in [0.15, 0.2) is 28.6 Å². The van der Waals surface area contributed by atoms with E-state index in [4.69, 9.17) is 0 Å². The molecule has 2 N–H and O–H groups in total. The number of carbonyl (C=O) groups is 1. The lowest BCUT2D eigenvalue weighted by molar-refractivity contribution is -0.115. The molecule has 2 aliphatic rings. The van der Waals surface area contributed by atoms with Crippen LogP contribution in [0.4, 0.5) is 16.5 Å². The van der Waals surface area contributed by atoms with Gasteiger partial charge in [0.15, 0.2) is 4.34 Å². The normalized spacial score (nSPS) is 18.2. The Morgan fingerprint density at radius 3 is 2.63 bits per heavy atom. The van der Waals surface area contributed by atoms with Crippen molar-refractivity contribution in [2.45, 2.75) is 54.7 Å². The Labute approximate surface area is 168 Å². The van der Waals surface area contributed by atoms with E-state index in [2.05, 4.69) is 37.9 Å². The minimum atomic E-state index is -0.228. The number of amides is 1. The Bertz CT molecular complexity index is 769. The van der Waals surface area contributed by atoms with Gasteiger partial charge in [-0.2, -0.15) is 0 Å². The summed E-state index contributed by atoms with van der Waals surface area (Å²) >= 11 is 2.96. The molecule has 1 aliphatic heterocycles. The van der Waals surface area contributed by atoms with Crippen molar-refractivity contribution in [2.75, 3.05) is 28.6 Å². The number of hydrogen-bond acceptors (Lipinski definition) is 7. The van der Waals surface area contributed by atoms with Gasteiger partial charge in [-0.25, -0.2) is 0 Å². The number of nitrogens with zero attached hydrogens (tertiary/aromatic N) is 3. The van der Waals surface area contributed by atoms with Crippen molar-refractivity contribution in [3.05, 3.63) is 24.3 Å². The minimum Gasteiger partial charge on any atom is -0.372 e. The van der Waals surface area contributed by atoms with E-state index in [1.807, 2.05) is 19.1 Å². The van der Waals surface area contributed by atoms with E-state index in [-0.39, 0.29) is 11.2 Å². The molecule has 0 radical (unpaired) electrons. The van der Waals surface area contributed by atoms with Crippen LogP contribution >= 0.6 is 23.1 Å². The van der Waals surface area contributed by atoms with Crippen LogP contribution in [0.3, 0.4) is 0 Å².